The van der Waals surface area contributed by atoms with E-state index >= 15 is 0 Å². The van der Waals surface area contributed by atoms with Crippen molar-refractivity contribution in [3.8, 4) is 6.07 Å². The lowest BCUT2D eigenvalue weighted by atomic mass is 10.2. The van der Waals surface area contributed by atoms with Gasteiger partial charge in [-0.15, -0.1) is 11.3 Å². The van der Waals surface area contributed by atoms with Crippen LogP contribution in [0.3, 0.4) is 0 Å². The minimum Gasteiger partial charge on any atom is -0.476 e. The zero-order chi connectivity index (χ0) is 14.5. The van der Waals surface area contributed by atoms with E-state index in [-0.39, 0.29) is 5.69 Å². The van der Waals surface area contributed by atoms with Gasteiger partial charge in [0.25, 0.3) is 0 Å². The molecular weight excluding hydrogens is 298 g/mol. The Bertz CT molecular complexity index is 678. The van der Waals surface area contributed by atoms with Crippen molar-refractivity contribution in [3.05, 3.63) is 44.9 Å². The van der Waals surface area contributed by atoms with E-state index in [0.717, 1.165) is 5.01 Å². The predicted octanol–water partition coefficient (Wildman–Crippen LogP) is 3.02. The van der Waals surface area contributed by atoms with Gasteiger partial charge >= 0.3 is 5.97 Å². The molecule has 0 bridgehead atoms. The minimum absolute atomic E-state index is 0.0606. The number of nitrogens with one attached hydrogen (secondary N) is 1. The lowest BCUT2D eigenvalue weighted by Gasteiger charge is -2.07. The predicted molar refractivity (Wildman–Crippen MR) is 77.4 cm³/mol. The second-order valence-electron chi connectivity index (χ2n) is 3.88. The molecule has 0 unspecified atom stereocenters. The molecular formula is C13H10ClN3O2S. The maximum atomic E-state index is 10.7. The Morgan fingerprint density at radius 3 is 3.00 bits per heavy atom. The first-order chi connectivity index (χ1) is 9.61. The van der Waals surface area contributed by atoms with Gasteiger partial charge < -0.3 is 10.4 Å². The van der Waals surface area contributed by atoms with E-state index in [0.29, 0.717) is 29.2 Å². The Kier molecular flexibility index (Phi) is 4.56. The second kappa shape index (κ2) is 6.37. The Labute approximate surface area is 124 Å². The van der Waals surface area contributed by atoms with Crippen LogP contribution in [0.1, 0.15) is 21.1 Å². The maximum Gasteiger partial charge on any atom is 0.355 e. The second-order valence-corrected chi connectivity index (χ2v) is 5.23. The lowest BCUT2D eigenvalue weighted by molar-refractivity contribution is 0.0691. The molecule has 0 aliphatic heterocycles. The van der Waals surface area contributed by atoms with Gasteiger partial charge in [-0.2, -0.15) is 5.26 Å². The first-order valence-corrected chi connectivity index (χ1v) is 6.97. The van der Waals surface area contributed by atoms with Gasteiger partial charge in [-0.25, -0.2) is 9.78 Å². The highest BCUT2D eigenvalue weighted by Gasteiger charge is 2.09. The summed E-state index contributed by atoms with van der Waals surface area (Å²) >= 11 is 7.23. The number of carboxylic acid groups (broad SMARTS) is 1. The molecule has 7 heteroatoms. The molecule has 0 saturated heterocycles. The molecule has 0 aliphatic rings. The van der Waals surface area contributed by atoms with Crippen molar-refractivity contribution in [2.24, 2.45) is 0 Å². The average Bonchev–Trinajstić information content (AvgIpc) is 2.88. The zero-order valence-corrected chi connectivity index (χ0v) is 11.8. The van der Waals surface area contributed by atoms with Crippen molar-refractivity contribution in [1.82, 2.24) is 4.98 Å². The molecule has 2 N–H and O–H groups in total. The third-order valence-corrected chi connectivity index (χ3v) is 3.77. The summed E-state index contributed by atoms with van der Waals surface area (Å²) < 4.78 is 0. The number of nitrogens with zero attached hydrogens (tertiary/aromatic N) is 2. The van der Waals surface area contributed by atoms with Crippen LogP contribution in [-0.4, -0.2) is 22.6 Å². The Morgan fingerprint density at radius 1 is 1.55 bits per heavy atom. The normalized spacial score (nSPS) is 10.0. The fourth-order valence-corrected chi connectivity index (χ4v) is 2.60. The number of carbonyl (C=O) groups is 1. The van der Waals surface area contributed by atoms with E-state index in [1.54, 1.807) is 18.2 Å². The highest BCUT2D eigenvalue weighted by atomic mass is 35.5. The smallest absolute Gasteiger partial charge is 0.355 e. The molecule has 1 heterocycles. The van der Waals surface area contributed by atoms with E-state index in [9.17, 15) is 4.79 Å². The third-order valence-electron chi connectivity index (χ3n) is 2.55. The quantitative estimate of drug-likeness (QED) is 0.886. The number of hydrogen-bond acceptors (Lipinski definition) is 5. The summed E-state index contributed by atoms with van der Waals surface area (Å²) in [5.74, 6) is -1.03. The average molecular weight is 308 g/mol. The van der Waals surface area contributed by atoms with Gasteiger partial charge in [0, 0.05) is 18.3 Å². The molecule has 0 atom stereocenters. The van der Waals surface area contributed by atoms with Crippen LogP contribution in [-0.2, 0) is 6.42 Å². The van der Waals surface area contributed by atoms with E-state index in [1.165, 1.54) is 16.7 Å². The summed E-state index contributed by atoms with van der Waals surface area (Å²) in [5, 5.41) is 23.6. The molecule has 1 aromatic heterocycles. The molecule has 1 aromatic carbocycles. The topological polar surface area (TPSA) is 86.0 Å². The van der Waals surface area contributed by atoms with E-state index in [1.807, 2.05) is 6.07 Å². The van der Waals surface area contributed by atoms with Crippen molar-refractivity contribution < 1.29 is 9.90 Å². The maximum absolute atomic E-state index is 10.7. The lowest BCUT2D eigenvalue weighted by Crippen LogP contribution is -2.06. The van der Waals surface area contributed by atoms with Crippen LogP contribution in [0.4, 0.5) is 5.69 Å². The van der Waals surface area contributed by atoms with E-state index in [4.69, 9.17) is 22.0 Å². The summed E-state index contributed by atoms with van der Waals surface area (Å²) in [6.45, 7) is 0.543. The fraction of sp³-hybridized carbons (Fsp3) is 0.154. The molecule has 0 fully saturated rings. The van der Waals surface area contributed by atoms with Gasteiger partial charge in [0.15, 0.2) is 5.69 Å². The number of hydrogen-bond donors (Lipinski definition) is 2. The van der Waals surface area contributed by atoms with Gasteiger partial charge in [0.2, 0.25) is 0 Å². The van der Waals surface area contributed by atoms with Crippen LogP contribution in [0.15, 0.2) is 23.6 Å². The van der Waals surface area contributed by atoms with Crippen molar-refractivity contribution in [2.75, 3.05) is 11.9 Å². The third kappa shape index (κ3) is 3.26. The summed E-state index contributed by atoms with van der Waals surface area (Å²) in [6.07, 6.45) is 0.579. The van der Waals surface area contributed by atoms with Crippen LogP contribution in [0.2, 0.25) is 5.02 Å². The molecule has 0 radical (unpaired) electrons. The summed E-state index contributed by atoms with van der Waals surface area (Å²) in [6, 6.07) is 7.24. The van der Waals surface area contributed by atoms with Crippen LogP contribution in [0, 0.1) is 11.3 Å². The van der Waals surface area contributed by atoms with Crippen molar-refractivity contribution in [2.45, 2.75) is 6.42 Å². The molecule has 0 saturated carbocycles. The number of aromatic carboxylic acids is 1. The van der Waals surface area contributed by atoms with Crippen LogP contribution < -0.4 is 5.32 Å². The van der Waals surface area contributed by atoms with E-state index in [2.05, 4.69) is 10.3 Å². The molecule has 2 rings (SSSR count). The molecule has 2 aromatic rings. The molecule has 5 nitrogen and oxygen atoms in total. The molecule has 0 aliphatic carbocycles. The van der Waals surface area contributed by atoms with Gasteiger partial charge in [0.1, 0.15) is 6.07 Å². The largest absolute Gasteiger partial charge is 0.476 e. The Hall–Kier alpha value is -2.10. The zero-order valence-electron chi connectivity index (χ0n) is 10.3. The van der Waals surface area contributed by atoms with Crippen LogP contribution in [0.5, 0.6) is 0 Å². The monoisotopic (exact) mass is 307 g/mol. The number of halogens is 1. The number of aromatic nitrogens is 1. The first kappa shape index (κ1) is 14.3. The Balaban J connectivity index is 1.98. The van der Waals surface area contributed by atoms with E-state index < -0.39 is 5.97 Å². The van der Waals surface area contributed by atoms with Crippen LogP contribution in [0.25, 0.3) is 0 Å². The summed E-state index contributed by atoms with van der Waals surface area (Å²) in [4.78, 5) is 14.7. The van der Waals surface area contributed by atoms with Crippen LogP contribution >= 0.6 is 22.9 Å². The van der Waals surface area contributed by atoms with Gasteiger partial charge in [-0.05, 0) is 12.1 Å². The number of rotatable bonds is 5. The number of carboxylic acids is 1. The molecule has 20 heavy (non-hydrogen) atoms. The summed E-state index contributed by atoms with van der Waals surface area (Å²) in [5.41, 5.74) is 1.13. The highest BCUT2D eigenvalue weighted by Crippen LogP contribution is 2.23. The van der Waals surface area contributed by atoms with Gasteiger partial charge in [-0.1, -0.05) is 17.7 Å². The number of thiazole rings is 1. The summed E-state index contributed by atoms with van der Waals surface area (Å²) in [7, 11) is 0. The van der Waals surface area contributed by atoms with Crippen molar-refractivity contribution >= 4 is 34.6 Å². The van der Waals surface area contributed by atoms with Gasteiger partial charge in [0.05, 0.1) is 21.3 Å². The standard InChI is InChI=1S/C13H10ClN3O2S/c14-9-2-1-3-10(8(9)6-15)16-5-4-12-17-11(7-20-12)13(18)19/h1-3,7,16H,4-5H2,(H,18,19). The fourth-order valence-electron chi connectivity index (χ4n) is 1.61. The van der Waals surface area contributed by atoms with Crippen molar-refractivity contribution in [1.29, 1.82) is 5.26 Å². The number of anilines is 1. The first-order valence-electron chi connectivity index (χ1n) is 5.72. The SMILES string of the molecule is N#Cc1c(Cl)cccc1NCCc1nc(C(=O)O)cs1. The Morgan fingerprint density at radius 2 is 2.35 bits per heavy atom. The number of benzene rings is 1. The molecule has 0 amide bonds. The molecule has 102 valence electrons. The minimum atomic E-state index is -1.03. The molecule has 0 spiro atoms. The van der Waals surface area contributed by atoms with Crippen molar-refractivity contribution in [3.63, 3.8) is 0 Å². The number of nitriles is 1. The highest BCUT2D eigenvalue weighted by molar-refractivity contribution is 7.09. The van der Waals surface area contributed by atoms with Gasteiger partial charge in [-0.3, -0.25) is 0 Å².